The molecule has 1 amide bonds. The molecule has 1 aliphatic carbocycles. The summed E-state index contributed by atoms with van der Waals surface area (Å²) in [6.45, 7) is 3.74. The van der Waals surface area contributed by atoms with Gasteiger partial charge in [0, 0.05) is 38.3 Å². The minimum atomic E-state index is -1.44. The van der Waals surface area contributed by atoms with E-state index < -0.39 is 22.9 Å². The number of nitrogens with one attached hydrogen (secondary N) is 4. The molecule has 1 unspecified atom stereocenters. The number of halogens is 1. The number of aryl methyl sites for hydroxylation is 1. The maximum absolute atomic E-state index is 14.8. The van der Waals surface area contributed by atoms with Gasteiger partial charge in [0.1, 0.15) is 35.0 Å². The summed E-state index contributed by atoms with van der Waals surface area (Å²) in [4.78, 5) is 27.2. The van der Waals surface area contributed by atoms with Crippen molar-refractivity contribution in [3.8, 4) is 5.75 Å². The molecule has 0 aromatic heterocycles. The Morgan fingerprint density at radius 3 is 2.62 bits per heavy atom. The number of ether oxygens (including phenoxy) is 1. The highest BCUT2D eigenvalue weighted by molar-refractivity contribution is 7.84. The molecule has 2 aromatic carbocycles. The summed E-state index contributed by atoms with van der Waals surface area (Å²) in [6.07, 6.45) is 2.31. The number of hydrogen-bond acceptors (Lipinski definition) is 6. The molecule has 4 rings (SSSR count). The third kappa shape index (κ3) is 6.36. The predicted octanol–water partition coefficient (Wildman–Crippen LogP) is 3.24. The molecule has 2 aliphatic rings. The van der Waals surface area contributed by atoms with Crippen LogP contribution in [0.25, 0.3) is 0 Å². The fourth-order valence-electron chi connectivity index (χ4n) is 3.70. The van der Waals surface area contributed by atoms with Crippen LogP contribution in [0.5, 0.6) is 5.75 Å². The van der Waals surface area contributed by atoms with E-state index in [9.17, 15) is 18.2 Å². The van der Waals surface area contributed by atoms with E-state index in [0.717, 1.165) is 24.0 Å². The SMILES string of the molecule is C/C(C=O)=C(Oc1ccc2c(c1)NS(=O)NC2)/C(C(=O)NC1CC1)=C(/Nc1ccc(C)cc1F)N(C)C. The van der Waals surface area contributed by atoms with Gasteiger partial charge in [-0.15, -0.1) is 0 Å². The van der Waals surface area contributed by atoms with E-state index in [1.165, 1.54) is 6.07 Å². The number of amides is 1. The molecule has 1 saturated carbocycles. The van der Waals surface area contributed by atoms with Gasteiger partial charge in [0.25, 0.3) is 5.91 Å². The quantitative estimate of drug-likeness (QED) is 0.172. The van der Waals surface area contributed by atoms with Crippen LogP contribution in [0.3, 0.4) is 0 Å². The van der Waals surface area contributed by atoms with E-state index in [4.69, 9.17) is 4.74 Å². The largest absolute Gasteiger partial charge is 0.456 e. The monoisotopic (exact) mass is 527 g/mol. The molecule has 1 atom stereocenters. The summed E-state index contributed by atoms with van der Waals surface area (Å²) >= 11 is -1.44. The molecule has 1 aliphatic heterocycles. The highest BCUT2D eigenvalue weighted by Crippen LogP contribution is 2.31. The lowest BCUT2D eigenvalue weighted by Gasteiger charge is -2.26. The van der Waals surface area contributed by atoms with Gasteiger partial charge in [-0.05, 0) is 56.0 Å². The Morgan fingerprint density at radius 2 is 1.97 bits per heavy atom. The van der Waals surface area contributed by atoms with Crippen molar-refractivity contribution in [2.75, 3.05) is 24.1 Å². The van der Waals surface area contributed by atoms with E-state index in [2.05, 4.69) is 20.1 Å². The zero-order valence-corrected chi connectivity index (χ0v) is 21.9. The lowest BCUT2D eigenvalue weighted by atomic mass is 10.1. The molecule has 0 spiro atoms. The van der Waals surface area contributed by atoms with Crippen molar-refractivity contribution in [1.29, 1.82) is 0 Å². The molecular weight excluding hydrogens is 497 g/mol. The minimum absolute atomic E-state index is 0.0203. The van der Waals surface area contributed by atoms with Gasteiger partial charge in [-0.1, -0.05) is 12.1 Å². The first kappa shape index (κ1) is 26.4. The van der Waals surface area contributed by atoms with Crippen molar-refractivity contribution in [2.45, 2.75) is 39.3 Å². The molecule has 0 bridgehead atoms. The Labute approximate surface area is 217 Å². The summed E-state index contributed by atoms with van der Waals surface area (Å²) in [5.74, 6) is -0.339. The van der Waals surface area contributed by atoms with E-state index in [0.29, 0.717) is 24.3 Å². The number of aldehydes is 1. The van der Waals surface area contributed by atoms with Crippen molar-refractivity contribution in [3.05, 3.63) is 76.1 Å². The molecule has 37 heavy (non-hydrogen) atoms. The van der Waals surface area contributed by atoms with Gasteiger partial charge in [0.15, 0.2) is 11.2 Å². The van der Waals surface area contributed by atoms with Crippen LogP contribution in [0.2, 0.25) is 0 Å². The van der Waals surface area contributed by atoms with Crippen molar-refractivity contribution in [2.24, 2.45) is 0 Å². The Hall–Kier alpha value is -3.70. The maximum Gasteiger partial charge on any atom is 0.259 e. The standard InChI is InChI=1S/C26H30FN5O4S/c1-15-5-10-21(20(27)11-15)30-25(32(3)4)23(26(34)29-18-7-8-18)24(16(2)14-33)36-19-9-6-17-13-28-37(35)31-22(17)12-19/h5-6,9-12,14,18,28,30-31H,7-8,13H2,1-4H3,(H,29,34)/b24-16+,25-23+. The van der Waals surface area contributed by atoms with Gasteiger partial charge in [0.05, 0.1) is 11.4 Å². The average molecular weight is 528 g/mol. The van der Waals surface area contributed by atoms with Gasteiger partial charge < -0.3 is 20.3 Å². The van der Waals surface area contributed by atoms with Crippen LogP contribution in [-0.4, -0.2) is 41.4 Å². The normalized spacial score (nSPS) is 17.9. The summed E-state index contributed by atoms with van der Waals surface area (Å²) in [5, 5.41) is 5.98. The maximum atomic E-state index is 14.8. The lowest BCUT2D eigenvalue weighted by molar-refractivity contribution is -0.117. The van der Waals surface area contributed by atoms with Gasteiger partial charge >= 0.3 is 0 Å². The molecule has 4 N–H and O–H groups in total. The van der Waals surface area contributed by atoms with Gasteiger partial charge in [-0.2, -0.15) is 0 Å². The van der Waals surface area contributed by atoms with Gasteiger partial charge in [-0.25, -0.2) is 13.3 Å². The zero-order valence-electron chi connectivity index (χ0n) is 21.1. The number of hydrogen-bond donors (Lipinski definition) is 4. The predicted molar refractivity (Wildman–Crippen MR) is 141 cm³/mol. The van der Waals surface area contributed by atoms with Crippen LogP contribution >= 0.6 is 0 Å². The van der Waals surface area contributed by atoms with E-state index in [1.54, 1.807) is 63.2 Å². The van der Waals surface area contributed by atoms with Gasteiger partial charge in [0.2, 0.25) is 0 Å². The molecular formula is C26H30FN5O4S. The molecule has 0 radical (unpaired) electrons. The Kier molecular flexibility index (Phi) is 7.94. The zero-order chi connectivity index (χ0) is 26.7. The highest BCUT2D eigenvalue weighted by Gasteiger charge is 2.31. The number of benzene rings is 2. The second kappa shape index (κ2) is 11.1. The lowest BCUT2D eigenvalue weighted by Crippen LogP contribution is -2.34. The molecule has 9 nitrogen and oxygen atoms in total. The van der Waals surface area contributed by atoms with Crippen molar-refractivity contribution >= 4 is 34.7 Å². The molecule has 196 valence electrons. The first-order valence-corrected chi connectivity index (χ1v) is 13.0. The van der Waals surface area contributed by atoms with Crippen molar-refractivity contribution in [3.63, 3.8) is 0 Å². The first-order valence-electron chi connectivity index (χ1n) is 11.8. The Balaban J connectivity index is 1.82. The number of anilines is 2. The number of carbonyl (C=O) groups is 2. The number of allylic oxidation sites excluding steroid dienone is 1. The second-order valence-corrected chi connectivity index (χ2v) is 10.2. The van der Waals surface area contributed by atoms with Crippen LogP contribution in [0, 0.1) is 12.7 Å². The molecule has 1 fully saturated rings. The second-order valence-electron chi connectivity index (χ2n) is 9.22. The average Bonchev–Trinajstić information content (AvgIpc) is 3.67. The van der Waals surface area contributed by atoms with Crippen molar-refractivity contribution in [1.82, 2.24) is 14.9 Å². The Bertz CT molecular complexity index is 1320. The minimum Gasteiger partial charge on any atom is -0.456 e. The third-order valence-electron chi connectivity index (χ3n) is 5.86. The number of nitrogens with zero attached hydrogens (tertiary/aromatic N) is 1. The van der Waals surface area contributed by atoms with Gasteiger partial charge in [-0.3, -0.25) is 14.3 Å². The van der Waals surface area contributed by atoms with E-state index in [1.807, 2.05) is 0 Å². The summed E-state index contributed by atoms with van der Waals surface area (Å²) < 4.78 is 38.5. The van der Waals surface area contributed by atoms with Crippen molar-refractivity contribution < 1.29 is 22.9 Å². The Morgan fingerprint density at radius 1 is 1.22 bits per heavy atom. The smallest absolute Gasteiger partial charge is 0.259 e. The van der Waals surface area contributed by atoms with Crippen LogP contribution in [0.15, 0.2) is 59.1 Å². The molecule has 0 saturated heterocycles. The van der Waals surface area contributed by atoms with E-state index in [-0.39, 0.29) is 34.5 Å². The summed E-state index contributed by atoms with van der Waals surface area (Å²) in [7, 11) is 3.41. The fraction of sp³-hybridized carbons (Fsp3) is 0.308. The fourth-order valence-corrected chi connectivity index (χ4v) is 4.45. The molecule has 2 aromatic rings. The number of fused-ring (bicyclic) bond motifs is 1. The number of rotatable bonds is 9. The summed E-state index contributed by atoms with van der Waals surface area (Å²) in [5.41, 5.74) is 2.64. The van der Waals surface area contributed by atoms with Crippen LogP contribution < -0.4 is 24.8 Å². The highest BCUT2D eigenvalue weighted by atomic mass is 32.2. The summed E-state index contributed by atoms with van der Waals surface area (Å²) in [6, 6.07) is 9.92. The van der Waals surface area contributed by atoms with Crippen LogP contribution in [0.4, 0.5) is 15.8 Å². The van der Waals surface area contributed by atoms with Crippen LogP contribution in [0.1, 0.15) is 30.9 Å². The topological polar surface area (TPSA) is 112 Å². The molecule has 11 heteroatoms. The molecule has 1 heterocycles. The number of carbonyl (C=O) groups excluding carboxylic acids is 2. The third-order valence-corrected chi connectivity index (χ3v) is 6.67. The van der Waals surface area contributed by atoms with Crippen LogP contribution in [-0.2, 0) is 27.3 Å². The first-order chi connectivity index (χ1) is 17.7. The van der Waals surface area contributed by atoms with E-state index >= 15 is 0 Å².